The molecule has 3 heterocycles. The first-order valence-electron chi connectivity index (χ1n) is 8.60. The third-order valence-electron chi connectivity index (χ3n) is 4.97. The summed E-state index contributed by atoms with van der Waals surface area (Å²) < 4.78 is 6.05. The zero-order chi connectivity index (χ0) is 16.4. The molecule has 2 aliphatic rings. The van der Waals surface area contributed by atoms with Crippen molar-refractivity contribution >= 4 is 5.91 Å². The molecule has 2 aliphatic heterocycles. The SMILES string of the molecule is O=C(c1ccccc1)N1CCO[C@@H]2CN(Cc3ccc[nH]3)C[C@@H]2C1. The molecule has 0 unspecified atom stereocenters. The minimum atomic E-state index is 0.114. The van der Waals surface area contributed by atoms with Crippen molar-refractivity contribution in [3.63, 3.8) is 0 Å². The minimum Gasteiger partial charge on any atom is -0.375 e. The number of benzene rings is 1. The molecule has 126 valence electrons. The highest BCUT2D eigenvalue weighted by Gasteiger charge is 2.37. The standard InChI is InChI=1S/C19H23N3O2/c23-19(15-5-2-1-3-6-15)22-9-10-24-18-14-21(11-16(18)12-22)13-17-7-4-8-20-17/h1-8,16,18,20H,9-14H2/t16-,18-/m1/s1. The summed E-state index contributed by atoms with van der Waals surface area (Å²) in [5.74, 6) is 0.498. The predicted octanol–water partition coefficient (Wildman–Crippen LogP) is 1.99. The maximum absolute atomic E-state index is 12.7. The largest absolute Gasteiger partial charge is 0.375 e. The van der Waals surface area contributed by atoms with Gasteiger partial charge in [-0.25, -0.2) is 0 Å². The van der Waals surface area contributed by atoms with Gasteiger partial charge in [0, 0.05) is 56.1 Å². The third-order valence-corrected chi connectivity index (χ3v) is 4.97. The van der Waals surface area contributed by atoms with Crippen LogP contribution in [-0.4, -0.2) is 59.6 Å². The van der Waals surface area contributed by atoms with Gasteiger partial charge in [-0.05, 0) is 24.3 Å². The van der Waals surface area contributed by atoms with E-state index in [1.807, 2.05) is 47.5 Å². The smallest absolute Gasteiger partial charge is 0.253 e. The number of hydrogen-bond acceptors (Lipinski definition) is 3. The number of H-pyrrole nitrogens is 1. The van der Waals surface area contributed by atoms with Gasteiger partial charge in [-0.3, -0.25) is 9.69 Å². The lowest BCUT2D eigenvalue weighted by Crippen LogP contribution is -2.37. The molecule has 2 aromatic rings. The molecule has 2 fully saturated rings. The van der Waals surface area contributed by atoms with Crippen molar-refractivity contribution in [1.82, 2.24) is 14.8 Å². The summed E-state index contributed by atoms with van der Waals surface area (Å²) in [6.45, 7) is 4.91. The molecule has 4 rings (SSSR count). The lowest BCUT2D eigenvalue weighted by Gasteiger charge is -2.23. The van der Waals surface area contributed by atoms with Crippen molar-refractivity contribution in [3.8, 4) is 0 Å². The molecular formula is C19H23N3O2. The number of amides is 1. The molecular weight excluding hydrogens is 302 g/mol. The predicted molar refractivity (Wildman–Crippen MR) is 91.6 cm³/mol. The molecule has 24 heavy (non-hydrogen) atoms. The molecule has 0 bridgehead atoms. The molecule has 1 aromatic heterocycles. The van der Waals surface area contributed by atoms with E-state index in [4.69, 9.17) is 4.74 Å². The number of rotatable bonds is 3. The van der Waals surface area contributed by atoms with Gasteiger partial charge < -0.3 is 14.6 Å². The zero-order valence-electron chi connectivity index (χ0n) is 13.7. The van der Waals surface area contributed by atoms with E-state index in [0.29, 0.717) is 19.1 Å². The topological polar surface area (TPSA) is 48.6 Å². The van der Waals surface area contributed by atoms with Crippen LogP contribution in [0.25, 0.3) is 0 Å². The normalized spacial score (nSPS) is 24.6. The molecule has 1 amide bonds. The van der Waals surface area contributed by atoms with Crippen LogP contribution in [0.5, 0.6) is 0 Å². The molecule has 2 atom stereocenters. The number of hydrogen-bond donors (Lipinski definition) is 1. The summed E-state index contributed by atoms with van der Waals surface area (Å²) in [4.78, 5) is 20.4. The third kappa shape index (κ3) is 3.23. The van der Waals surface area contributed by atoms with Crippen LogP contribution < -0.4 is 0 Å². The van der Waals surface area contributed by atoms with Crippen molar-refractivity contribution in [1.29, 1.82) is 0 Å². The van der Waals surface area contributed by atoms with Crippen molar-refractivity contribution in [3.05, 3.63) is 59.9 Å². The van der Waals surface area contributed by atoms with E-state index in [1.54, 1.807) is 0 Å². The lowest BCUT2D eigenvalue weighted by atomic mass is 10.1. The fourth-order valence-corrected chi connectivity index (χ4v) is 3.76. The van der Waals surface area contributed by atoms with Crippen LogP contribution >= 0.6 is 0 Å². The second-order valence-electron chi connectivity index (χ2n) is 6.68. The number of likely N-dealkylation sites (tertiary alicyclic amines) is 1. The summed E-state index contributed by atoms with van der Waals surface area (Å²) >= 11 is 0. The minimum absolute atomic E-state index is 0.114. The Morgan fingerprint density at radius 3 is 2.79 bits per heavy atom. The fourth-order valence-electron chi connectivity index (χ4n) is 3.76. The average molecular weight is 325 g/mol. The Morgan fingerprint density at radius 1 is 1.12 bits per heavy atom. The van der Waals surface area contributed by atoms with Crippen molar-refractivity contribution in [2.24, 2.45) is 5.92 Å². The highest BCUT2D eigenvalue weighted by Crippen LogP contribution is 2.25. The van der Waals surface area contributed by atoms with Gasteiger partial charge in [-0.2, -0.15) is 0 Å². The van der Waals surface area contributed by atoms with Crippen LogP contribution in [-0.2, 0) is 11.3 Å². The molecule has 1 aromatic carbocycles. The highest BCUT2D eigenvalue weighted by molar-refractivity contribution is 5.94. The van der Waals surface area contributed by atoms with Gasteiger partial charge in [0.15, 0.2) is 0 Å². The Balaban J connectivity index is 1.42. The van der Waals surface area contributed by atoms with E-state index in [9.17, 15) is 4.79 Å². The average Bonchev–Trinajstić information content (AvgIpc) is 3.20. The number of ether oxygens (including phenoxy) is 1. The van der Waals surface area contributed by atoms with Crippen LogP contribution in [0, 0.1) is 5.92 Å². The second-order valence-corrected chi connectivity index (χ2v) is 6.68. The Morgan fingerprint density at radius 2 is 2.00 bits per heavy atom. The van der Waals surface area contributed by atoms with Crippen molar-refractivity contribution in [2.75, 3.05) is 32.8 Å². The van der Waals surface area contributed by atoms with E-state index in [-0.39, 0.29) is 12.0 Å². The van der Waals surface area contributed by atoms with Gasteiger partial charge in [-0.15, -0.1) is 0 Å². The fraction of sp³-hybridized carbons (Fsp3) is 0.421. The lowest BCUT2D eigenvalue weighted by molar-refractivity contribution is 0.0500. The number of fused-ring (bicyclic) bond motifs is 1. The monoisotopic (exact) mass is 325 g/mol. The van der Waals surface area contributed by atoms with E-state index in [0.717, 1.165) is 31.7 Å². The van der Waals surface area contributed by atoms with Gasteiger partial charge >= 0.3 is 0 Å². The van der Waals surface area contributed by atoms with E-state index in [1.165, 1.54) is 5.69 Å². The first-order chi connectivity index (χ1) is 11.8. The van der Waals surface area contributed by atoms with E-state index >= 15 is 0 Å². The van der Waals surface area contributed by atoms with Crippen LogP contribution in [0.2, 0.25) is 0 Å². The van der Waals surface area contributed by atoms with Gasteiger partial charge in [0.25, 0.3) is 5.91 Å². The first-order valence-corrected chi connectivity index (χ1v) is 8.60. The Hall–Kier alpha value is -2.11. The zero-order valence-corrected chi connectivity index (χ0v) is 13.7. The van der Waals surface area contributed by atoms with Crippen molar-refractivity contribution in [2.45, 2.75) is 12.6 Å². The number of aromatic nitrogens is 1. The van der Waals surface area contributed by atoms with Gasteiger partial charge in [-0.1, -0.05) is 18.2 Å². The summed E-state index contributed by atoms with van der Waals surface area (Å²) in [6.07, 6.45) is 2.19. The summed E-state index contributed by atoms with van der Waals surface area (Å²) in [7, 11) is 0. The molecule has 5 nitrogen and oxygen atoms in total. The number of aromatic amines is 1. The molecule has 0 saturated carbocycles. The molecule has 0 radical (unpaired) electrons. The van der Waals surface area contributed by atoms with Gasteiger partial charge in [0.1, 0.15) is 0 Å². The van der Waals surface area contributed by atoms with Crippen LogP contribution in [0.3, 0.4) is 0 Å². The number of carbonyl (C=O) groups excluding carboxylic acids is 1. The quantitative estimate of drug-likeness (QED) is 0.939. The van der Waals surface area contributed by atoms with Crippen LogP contribution in [0.4, 0.5) is 0 Å². The summed E-state index contributed by atoms with van der Waals surface area (Å²) in [5, 5.41) is 0. The highest BCUT2D eigenvalue weighted by atomic mass is 16.5. The maximum Gasteiger partial charge on any atom is 0.253 e. The van der Waals surface area contributed by atoms with Gasteiger partial charge in [0.05, 0.1) is 12.7 Å². The number of nitrogens with zero attached hydrogens (tertiary/aromatic N) is 2. The van der Waals surface area contributed by atoms with Gasteiger partial charge in [0.2, 0.25) is 0 Å². The van der Waals surface area contributed by atoms with Crippen LogP contribution in [0.15, 0.2) is 48.7 Å². The second kappa shape index (κ2) is 6.79. The summed E-state index contributed by atoms with van der Waals surface area (Å²) in [6, 6.07) is 13.7. The Kier molecular flexibility index (Phi) is 4.36. The van der Waals surface area contributed by atoms with E-state index < -0.39 is 0 Å². The van der Waals surface area contributed by atoms with Crippen LogP contribution in [0.1, 0.15) is 16.1 Å². The Bertz CT molecular complexity index is 671. The van der Waals surface area contributed by atoms with Crippen molar-refractivity contribution < 1.29 is 9.53 Å². The molecule has 1 N–H and O–H groups in total. The number of nitrogens with one attached hydrogen (secondary N) is 1. The van der Waals surface area contributed by atoms with E-state index in [2.05, 4.69) is 16.0 Å². The first kappa shape index (κ1) is 15.4. The maximum atomic E-state index is 12.7. The molecule has 2 saturated heterocycles. The molecule has 0 spiro atoms. The number of carbonyl (C=O) groups is 1. The molecule has 5 heteroatoms. The summed E-state index contributed by atoms with van der Waals surface area (Å²) in [5.41, 5.74) is 1.99. The Labute approximate surface area is 142 Å². The molecule has 0 aliphatic carbocycles.